The van der Waals surface area contributed by atoms with Gasteiger partial charge in [0.05, 0.1) is 16.7 Å². The van der Waals surface area contributed by atoms with Gasteiger partial charge in [-0.1, -0.05) is 37.3 Å². The Morgan fingerprint density at radius 3 is 2.79 bits per heavy atom. The Bertz CT molecular complexity index is 464. The van der Waals surface area contributed by atoms with E-state index in [9.17, 15) is 5.11 Å². The summed E-state index contributed by atoms with van der Waals surface area (Å²) in [7, 11) is 0. The van der Waals surface area contributed by atoms with Gasteiger partial charge in [0.2, 0.25) is 0 Å². The molecule has 0 saturated heterocycles. The summed E-state index contributed by atoms with van der Waals surface area (Å²) in [6.07, 6.45) is 5.38. The summed E-state index contributed by atoms with van der Waals surface area (Å²) < 4.78 is 5.51. The van der Waals surface area contributed by atoms with E-state index in [1.807, 2.05) is 6.07 Å². The monoisotopic (exact) mass is 279 g/mol. The first kappa shape index (κ1) is 14.2. The number of nitriles is 1. The lowest BCUT2D eigenvalue weighted by Crippen LogP contribution is -2.20. The molecule has 1 aromatic rings. The van der Waals surface area contributed by atoms with Crippen LogP contribution in [0, 0.1) is 17.2 Å². The molecule has 2 rings (SSSR count). The van der Waals surface area contributed by atoms with Crippen molar-refractivity contribution in [3.05, 3.63) is 28.8 Å². The van der Waals surface area contributed by atoms with Crippen molar-refractivity contribution in [2.24, 2.45) is 5.92 Å². The van der Waals surface area contributed by atoms with Crippen LogP contribution < -0.4 is 4.74 Å². The number of ether oxygens (including phenoxy) is 1. The van der Waals surface area contributed by atoms with E-state index in [0.717, 1.165) is 6.42 Å². The third-order valence-electron chi connectivity index (χ3n) is 3.58. The van der Waals surface area contributed by atoms with Crippen LogP contribution in [0.1, 0.15) is 37.7 Å². The van der Waals surface area contributed by atoms with Crippen LogP contribution in [0.3, 0.4) is 0 Å². The Morgan fingerprint density at radius 2 is 2.16 bits per heavy atom. The molecule has 1 unspecified atom stereocenters. The van der Waals surface area contributed by atoms with E-state index >= 15 is 0 Å². The molecular formula is C15H18ClNO2. The summed E-state index contributed by atoms with van der Waals surface area (Å²) in [5, 5.41) is 19.1. The lowest BCUT2D eigenvalue weighted by Gasteiger charge is -2.16. The van der Waals surface area contributed by atoms with Crippen molar-refractivity contribution in [1.82, 2.24) is 0 Å². The molecule has 1 N–H and O–H groups in total. The molecule has 1 fully saturated rings. The fraction of sp³-hybridized carbons (Fsp3) is 0.533. The van der Waals surface area contributed by atoms with E-state index in [1.54, 1.807) is 18.2 Å². The van der Waals surface area contributed by atoms with Gasteiger partial charge in [-0.2, -0.15) is 5.26 Å². The summed E-state index contributed by atoms with van der Waals surface area (Å²) in [5.41, 5.74) is 0.431. The Labute approximate surface area is 118 Å². The Kier molecular flexibility index (Phi) is 5.07. The highest BCUT2D eigenvalue weighted by atomic mass is 35.5. The summed E-state index contributed by atoms with van der Waals surface area (Å²) in [4.78, 5) is 0. The minimum atomic E-state index is -0.433. The molecule has 3 nitrogen and oxygen atoms in total. The normalized spacial score (nSPS) is 17.1. The molecule has 0 aliphatic heterocycles. The zero-order valence-corrected chi connectivity index (χ0v) is 11.6. The molecule has 0 radical (unpaired) electrons. The van der Waals surface area contributed by atoms with Crippen molar-refractivity contribution in [1.29, 1.82) is 5.26 Å². The predicted octanol–water partition coefficient (Wildman–Crippen LogP) is 3.53. The number of aliphatic hydroxyl groups is 1. The minimum Gasteiger partial charge on any atom is -0.491 e. The summed E-state index contributed by atoms with van der Waals surface area (Å²) in [6, 6.07) is 6.94. The first-order valence-electron chi connectivity index (χ1n) is 6.69. The van der Waals surface area contributed by atoms with Crippen molar-refractivity contribution >= 4 is 11.6 Å². The Morgan fingerprint density at radius 1 is 1.42 bits per heavy atom. The molecule has 4 heteroatoms. The van der Waals surface area contributed by atoms with Gasteiger partial charge in [0, 0.05) is 6.07 Å². The maximum absolute atomic E-state index is 9.93. The first-order valence-corrected chi connectivity index (χ1v) is 7.07. The van der Waals surface area contributed by atoms with Crippen molar-refractivity contribution < 1.29 is 9.84 Å². The highest BCUT2D eigenvalue weighted by Gasteiger charge is 2.19. The quantitative estimate of drug-likeness (QED) is 0.897. The van der Waals surface area contributed by atoms with Crippen LogP contribution in [0.15, 0.2) is 18.2 Å². The van der Waals surface area contributed by atoms with Gasteiger partial charge >= 0.3 is 0 Å². The Hall–Kier alpha value is -1.24. The molecule has 1 saturated carbocycles. The van der Waals surface area contributed by atoms with Crippen LogP contribution in [0.5, 0.6) is 5.75 Å². The molecule has 0 bridgehead atoms. The van der Waals surface area contributed by atoms with E-state index in [2.05, 4.69) is 0 Å². The lowest BCUT2D eigenvalue weighted by molar-refractivity contribution is 0.0855. The average Bonchev–Trinajstić information content (AvgIpc) is 2.89. The molecule has 19 heavy (non-hydrogen) atoms. The summed E-state index contributed by atoms with van der Waals surface area (Å²) >= 11 is 5.92. The van der Waals surface area contributed by atoms with Crippen LogP contribution in [0.4, 0.5) is 0 Å². The molecule has 1 aromatic carbocycles. The van der Waals surface area contributed by atoms with E-state index < -0.39 is 6.10 Å². The van der Waals surface area contributed by atoms with Crippen LogP contribution in [-0.4, -0.2) is 17.8 Å². The smallest absolute Gasteiger partial charge is 0.121 e. The summed E-state index contributed by atoms with van der Waals surface area (Å²) in [6.45, 7) is 0.277. The molecule has 102 valence electrons. The minimum absolute atomic E-state index is 0.277. The third-order valence-corrected chi connectivity index (χ3v) is 3.90. The van der Waals surface area contributed by atoms with Crippen LogP contribution >= 0.6 is 11.6 Å². The van der Waals surface area contributed by atoms with E-state index in [-0.39, 0.29) is 6.61 Å². The van der Waals surface area contributed by atoms with E-state index in [1.165, 1.54) is 25.7 Å². The number of rotatable bonds is 5. The average molecular weight is 280 g/mol. The molecule has 0 aromatic heterocycles. The number of benzene rings is 1. The van der Waals surface area contributed by atoms with Gasteiger partial charge in [-0.3, -0.25) is 0 Å². The van der Waals surface area contributed by atoms with Crippen LogP contribution in [0.25, 0.3) is 0 Å². The number of halogens is 1. The SMILES string of the molecule is N#Cc1ccc(OCC(O)CC2CCCC2)cc1Cl. The highest BCUT2D eigenvalue weighted by molar-refractivity contribution is 6.31. The highest BCUT2D eigenvalue weighted by Crippen LogP contribution is 2.29. The Balaban J connectivity index is 1.81. The van der Waals surface area contributed by atoms with Gasteiger partial charge in [0.25, 0.3) is 0 Å². The maximum atomic E-state index is 9.93. The zero-order valence-electron chi connectivity index (χ0n) is 10.8. The van der Waals surface area contributed by atoms with Crippen molar-refractivity contribution in [3.63, 3.8) is 0 Å². The van der Waals surface area contributed by atoms with Gasteiger partial charge in [-0.15, -0.1) is 0 Å². The molecule has 0 spiro atoms. The third kappa shape index (κ3) is 4.12. The van der Waals surface area contributed by atoms with Crippen LogP contribution in [0.2, 0.25) is 5.02 Å². The number of hydrogen-bond donors (Lipinski definition) is 1. The maximum Gasteiger partial charge on any atom is 0.121 e. The van der Waals surface area contributed by atoms with Crippen molar-refractivity contribution in [2.75, 3.05) is 6.61 Å². The molecule has 1 aliphatic rings. The van der Waals surface area contributed by atoms with Gasteiger partial charge in [0.1, 0.15) is 18.4 Å². The molecule has 1 atom stereocenters. The van der Waals surface area contributed by atoms with E-state index in [0.29, 0.717) is 22.3 Å². The van der Waals surface area contributed by atoms with Crippen LogP contribution in [-0.2, 0) is 0 Å². The lowest BCUT2D eigenvalue weighted by atomic mass is 10.0. The topological polar surface area (TPSA) is 53.2 Å². The number of nitrogens with zero attached hydrogens (tertiary/aromatic N) is 1. The number of aliphatic hydroxyl groups excluding tert-OH is 1. The second-order valence-electron chi connectivity index (χ2n) is 5.10. The van der Waals surface area contributed by atoms with E-state index in [4.69, 9.17) is 21.6 Å². The van der Waals surface area contributed by atoms with Gasteiger partial charge in [-0.05, 0) is 24.5 Å². The summed E-state index contributed by atoms with van der Waals surface area (Å²) in [5.74, 6) is 1.23. The van der Waals surface area contributed by atoms with Gasteiger partial charge in [-0.25, -0.2) is 0 Å². The van der Waals surface area contributed by atoms with Gasteiger partial charge in [0.15, 0.2) is 0 Å². The second-order valence-corrected chi connectivity index (χ2v) is 5.51. The fourth-order valence-corrected chi connectivity index (χ4v) is 2.78. The van der Waals surface area contributed by atoms with Gasteiger partial charge < -0.3 is 9.84 Å². The molecular weight excluding hydrogens is 262 g/mol. The zero-order chi connectivity index (χ0) is 13.7. The van der Waals surface area contributed by atoms with Crippen molar-refractivity contribution in [3.8, 4) is 11.8 Å². The molecule has 0 heterocycles. The molecule has 0 amide bonds. The largest absolute Gasteiger partial charge is 0.491 e. The first-order chi connectivity index (χ1) is 9.19. The second kappa shape index (κ2) is 6.79. The van der Waals surface area contributed by atoms with Crippen molar-refractivity contribution in [2.45, 2.75) is 38.2 Å². The fourth-order valence-electron chi connectivity index (χ4n) is 2.57. The standard InChI is InChI=1S/C15H18ClNO2/c16-15-8-14(6-5-12(15)9-17)19-10-13(18)7-11-3-1-2-4-11/h5-6,8,11,13,18H,1-4,7,10H2. The number of hydrogen-bond acceptors (Lipinski definition) is 3. The molecule has 1 aliphatic carbocycles. The predicted molar refractivity (Wildman–Crippen MR) is 74.2 cm³/mol.